The molecule has 0 aliphatic carbocycles. The Hall–Kier alpha value is -1.98. The maximum atomic E-state index is 13.2. The number of aromatic nitrogens is 2. The van der Waals surface area contributed by atoms with Crippen LogP contribution in [0, 0.1) is 17.5 Å². The summed E-state index contributed by atoms with van der Waals surface area (Å²) in [6, 6.07) is 1.87. The van der Waals surface area contributed by atoms with Crippen LogP contribution in [-0.2, 0) is 0 Å². The highest BCUT2D eigenvalue weighted by molar-refractivity contribution is 5.42. The molecule has 1 heterocycles. The highest BCUT2D eigenvalue weighted by Gasteiger charge is 2.13. The van der Waals surface area contributed by atoms with Crippen LogP contribution in [0.1, 0.15) is 19.8 Å². The molecule has 2 rings (SSSR count). The normalized spacial score (nSPS) is 10.7. The van der Waals surface area contributed by atoms with E-state index < -0.39 is 17.5 Å². The number of rotatable bonds is 5. The fourth-order valence-electron chi connectivity index (χ4n) is 1.70. The first-order chi connectivity index (χ1) is 9.13. The van der Waals surface area contributed by atoms with Crippen LogP contribution in [0.2, 0.25) is 0 Å². The zero-order chi connectivity index (χ0) is 13.8. The largest absolute Gasteiger partial charge is 0.355 e. The summed E-state index contributed by atoms with van der Waals surface area (Å²) in [6.45, 7) is 2.76. The number of nitrogens with one attached hydrogen (secondary N) is 1. The van der Waals surface area contributed by atoms with Gasteiger partial charge in [-0.25, -0.2) is 18.2 Å². The Kier molecular flexibility index (Phi) is 4.09. The third kappa shape index (κ3) is 2.89. The van der Waals surface area contributed by atoms with Gasteiger partial charge in [0.15, 0.2) is 17.5 Å². The van der Waals surface area contributed by atoms with E-state index in [4.69, 9.17) is 0 Å². The molecule has 0 amide bonds. The number of halogens is 3. The number of imidazole rings is 1. The highest BCUT2D eigenvalue weighted by Crippen LogP contribution is 2.19. The van der Waals surface area contributed by atoms with Crippen molar-refractivity contribution >= 4 is 5.95 Å². The molecule has 0 bridgehead atoms. The number of nitrogens with zero attached hydrogens (tertiary/aromatic N) is 2. The fourth-order valence-corrected chi connectivity index (χ4v) is 1.70. The van der Waals surface area contributed by atoms with Gasteiger partial charge in [-0.2, -0.15) is 0 Å². The van der Waals surface area contributed by atoms with Crippen LogP contribution in [0.3, 0.4) is 0 Å². The number of anilines is 1. The summed E-state index contributed by atoms with van der Waals surface area (Å²) in [6.07, 6.45) is 5.04. The van der Waals surface area contributed by atoms with E-state index in [0.29, 0.717) is 12.5 Å². The van der Waals surface area contributed by atoms with E-state index in [1.54, 1.807) is 6.20 Å². The Morgan fingerprint density at radius 2 is 1.89 bits per heavy atom. The summed E-state index contributed by atoms with van der Waals surface area (Å²) < 4.78 is 40.8. The average Bonchev–Trinajstić information content (AvgIpc) is 2.84. The van der Waals surface area contributed by atoms with Crippen molar-refractivity contribution in [3.63, 3.8) is 0 Å². The van der Waals surface area contributed by atoms with E-state index in [1.807, 2.05) is 0 Å². The van der Waals surface area contributed by atoms with Gasteiger partial charge in [-0.05, 0) is 6.42 Å². The van der Waals surface area contributed by atoms with Gasteiger partial charge in [-0.3, -0.25) is 4.57 Å². The molecule has 0 saturated carbocycles. The molecule has 0 aliphatic rings. The van der Waals surface area contributed by atoms with Crippen molar-refractivity contribution in [2.24, 2.45) is 0 Å². The van der Waals surface area contributed by atoms with Crippen LogP contribution >= 0.6 is 0 Å². The topological polar surface area (TPSA) is 29.9 Å². The number of hydrogen-bond acceptors (Lipinski definition) is 2. The van der Waals surface area contributed by atoms with Gasteiger partial charge in [0.05, 0.1) is 5.69 Å². The van der Waals surface area contributed by atoms with Gasteiger partial charge in [0.25, 0.3) is 0 Å². The monoisotopic (exact) mass is 269 g/mol. The minimum Gasteiger partial charge on any atom is -0.355 e. The quantitative estimate of drug-likeness (QED) is 0.665. The van der Waals surface area contributed by atoms with Crippen LogP contribution in [0.4, 0.5) is 19.1 Å². The second-order valence-electron chi connectivity index (χ2n) is 4.12. The summed E-state index contributed by atoms with van der Waals surface area (Å²) in [5.74, 6) is -3.44. The van der Waals surface area contributed by atoms with Crippen LogP contribution in [0.15, 0.2) is 24.5 Å². The van der Waals surface area contributed by atoms with Crippen LogP contribution in [0.25, 0.3) is 5.69 Å². The van der Waals surface area contributed by atoms with Crippen LogP contribution < -0.4 is 5.32 Å². The molecule has 1 aromatic heterocycles. The Bertz CT molecular complexity index is 543. The highest BCUT2D eigenvalue weighted by atomic mass is 19.2. The third-order valence-electron chi connectivity index (χ3n) is 2.70. The Morgan fingerprint density at radius 3 is 2.53 bits per heavy atom. The van der Waals surface area contributed by atoms with Gasteiger partial charge >= 0.3 is 0 Å². The summed E-state index contributed by atoms with van der Waals surface area (Å²) in [5.41, 5.74) is 0.188. The van der Waals surface area contributed by atoms with Crippen molar-refractivity contribution in [2.45, 2.75) is 19.8 Å². The van der Waals surface area contributed by atoms with Gasteiger partial charge in [-0.15, -0.1) is 0 Å². The molecular formula is C13H14F3N3. The zero-order valence-electron chi connectivity index (χ0n) is 10.5. The summed E-state index contributed by atoms with van der Waals surface area (Å²) in [4.78, 5) is 4.06. The van der Waals surface area contributed by atoms with E-state index in [1.165, 1.54) is 10.8 Å². The lowest BCUT2D eigenvalue weighted by molar-refractivity contribution is 0.446. The van der Waals surface area contributed by atoms with Crippen molar-refractivity contribution < 1.29 is 13.2 Å². The predicted octanol–water partition coefficient (Wildman–Crippen LogP) is 3.50. The lowest BCUT2D eigenvalue weighted by Gasteiger charge is -2.10. The van der Waals surface area contributed by atoms with Crippen molar-refractivity contribution in [3.05, 3.63) is 42.0 Å². The molecule has 0 fully saturated rings. The second kappa shape index (κ2) is 5.77. The summed E-state index contributed by atoms with van der Waals surface area (Å²) in [7, 11) is 0. The van der Waals surface area contributed by atoms with Crippen molar-refractivity contribution in [3.8, 4) is 5.69 Å². The van der Waals surface area contributed by atoms with Crippen LogP contribution in [-0.4, -0.2) is 16.1 Å². The molecule has 0 radical (unpaired) electrons. The SMILES string of the molecule is CCCCNc1nccn1-c1cc(F)c(F)c(F)c1. The molecule has 1 aromatic carbocycles. The summed E-state index contributed by atoms with van der Waals surface area (Å²) >= 11 is 0. The molecular weight excluding hydrogens is 255 g/mol. The molecule has 0 atom stereocenters. The Labute approximate surface area is 109 Å². The minimum atomic E-state index is -1.47. The maximum absolute atomic E-state index is 13.2. The number of hydrogen-bond donors (Lipinski definition) is 1. The van der Waals surface area contributed by atoms with Gasteiger partial charge < -0.3 is 5.32 Å². The molecule has 0 spiro atoms. The zero-order valence-corrected chi connectivity index (χ0v) is 10.5. The molecule has 0 unspecified atom stereocenters. The van der Waals surface area contributed by atoms with Gasteiger partial charge in [0.1, 0.15) is 0 Å². The second-order valence-corrected chi connectivity index (χ2v) is 4.12. The van der Waals surface area contributed by atoms with Gasteiger partial charge in [0.2, 0.25) is 5.95 Å². The Balaban J connectivity index is 2.29. The first kappa shape index (κ1) is 13.5. The number of benzene rings is 1. The van der Waals surface area contributed by atoms with E-state index >= 15 is 0 Å². The van der Waals surface area contributed by atoms with E-state index in [9.17, 15) is 13.2 Å². The predicted molar refractivity (Wildman–Crippen MR) is 66.8 cm³/mol. The molecule has 3 nitrogen and oxygen atoms in total. The minimum absolute atomic E-state index is 0.188. The number of unbranched alkanes of at least 4 members (excludes halogenated alkanes) is 1. The maximum Gasteiger partial charge on any atom is 0.207 e. The molecule has 2 aromatic rings. The lowest BCUT2D eigenvalue weighted by Crippen LogP contribution is -2.08. The van der Waals surface area contributed by atoms with Crippen molar-refractivity contribution in [1.29, 1.82) is 0 Å². The molecule has 0 saturated heterocycles. The molecule has 0 aliphatic heterocycles. The smallest absolute Gasteiger partial charge is 0.207 e. The van der Waals surface area contributed by atoms with E-state index in [-0.39, 0.29) is 5.69 Å². The first-order valence-corrected chi connectivity index (χ1v) is 6.05. The molecule has 102 valence electrons. The van der Waals surface area contributed by atoms with Crippen LogP contribution in [0.5, 0.6) is 0 Å². The summed E-state index contributed by atoms with van der Waals surface area (Å²) in [5, 5.41) is 3.06. The average molecular weight is 269 g/mol. The standard InChI is InChI=1S/C13H14F3N3/c1-2-3-4-17-13-18-5-6-19(13)9-7-10(14)12(16)11(15)8-9/h5-8H,2-4H2,1H3,(H,17,18). The van der Waals surface area contributed by atoms with Crippen molar-refractivity contribution in [1.82, 2.24) is 9.55 Å². The van der Waals surface area contributed by atoms with E-state index in [0.717, 1.165) is 25.0 Å². The lowest BCUT2D eigenvalue weighted by atomic mass is 10.3. The van der Waals surface area contributed by atoms with Gasteiger partial charge in [-0.1, -0.05) is 13.3 Å². The first-order valence-electron chi connectivity index (χ1n) is 6.05. The fraction of sp³-hybridized carbons (Fsp3) is 0.308. The molecule has 1 N–H and O–H groups in total. The molecule has 6 heteroatoms. The Morgan fingerprint density at radius 1 is 1.21 bits per heavy atom. The van der Waals surface area contributed by atoms with Crippen molar-refractivity contribution in [2.75, 3.05) is 11.9 Å². The van der Waals surface area contributed by atoms with E-state index in [2.05, 4.69) is 17.2 Å². The third-order valence-corrected chi connectivity index (χ3v) is 2.70. The molecule has 19 heavy (non-hydrogen) atoms. The van der Waals surface area contributed by atoms with Gasteiger partial charge in [0, 0.05) is 31.1 Å².